The van der Waals surface area contributed by atoms with Gasteiger partial charge >= 0.3 is 0 Å². The lowest BCUT2D eigenvalue weighted by Crippen LogP contribution is -2.15. The highest BCUT2D eigenvalue weighted by atomic mass is 35.5. The molecule has 5 heteroatoms. The highest BCUT2D eigenvalue weighted by molar-refractivity contribution is 6.29. The van der Waals surface area contributed by atoms with E-state index in [1.165, 1.54) is 0 Å². The standard InChI is InChI=1S/C13H10Cl2O3/c14-12-4-3-10(18-12)13(15)8-1-2-9-11(7-8)17-6-5-16-9/h1-4,7,13H,5-6H2. The molecule has 2 aromatic rings. The van der Waals surface area contributed by atoms with Crippen LogP contribution in [-0.2, 0) is 0 Å². The lowest BCUT2D eigenvalue weighted by molar-refractivity contribution is 0.171. The summed E-state index contributed by atoms with van der Waals surface area (Å²) in [5, 5.41) is -0.0680. The van der Waals surface area contributed by atoms with Crippen LogP contribution >= 0.6 is 23.2 Å². The predicted octanol–water partition coefficient (Wildman–Crippen LogP) is 4.03. The first-order valence-electron chi connectivity index (χ1n) is 5.53. The van der Waals surface area contributed by atoms with E-state index in [4.69, 9.17) is 37.1 Å². The topological polar surface area (TPSA) is 31.6 Å². The molecule has 2 heterocycles. The summed E-state index contributed by atoms with van der Waals surface area (Å²) in [6, 6.07) is 9.04. The highest BCUT2D eigenvalue weighted by Crippen LogP contribution is 2.37. The predicted molar refractivity (Wildman–Crippen MR) is 68.8 cm³/mol. The first-order valence-corrected chi connectivity index (χ1v) is 6.34. The molecule has 3 rings (SSSR count). The first kappa shape index (κ1) is 11.8. The molecule has 0 saturated heterocycles. The maximum atomic E-state index is 6.34. The molecule has 0 aliphatic carbocycles. The zero-order valence-electron chi connectivity index (χ0n) is 9.36. The van der Waals surface area contributed by atoms with Gasteiger partial charge in [0, 0.05) is 0 Å². The molecule has 0 saturated carbocycles. The minimum Gasteiger partial charge on any atom is -0.486 e. The van der Waals surface area contributed by atoms with E-state index < -0.39 is 5.38 Å². The van der Waals surface area contributed by atoms with E-state index in [-0.39, 0.29) is 0 Å². The third-order valence-corrected chi connectivity index (χ3v) is 3.37. The third kappa shape index (κ3) is 2.16. The van der Waals surface area contributed by atoms with Gasteiger partial charge in [0.2, 0.25) is 0 Å². The van der Waals surface area contributed by atoms with Crippen molar-refractivity contribution in [3.8, 4) is 11.5 Å². The number of alkyl halides is 1. The summed E-state index contributed by atoms with van der Waals surface area (Å²) in [4.78, 5) is 0. The van der Waals surface area contributed by atoms with Crippen molar-refractivity contribution in [2.24, 2.45) is 0 Å². The van der Waals surface area contributed by atoms with Crippen LogP contribution in [0.4, 0.5) is 0 Å². The molecule has 1 aromatic heterocycles. The van der Waals surface area contributed by atoms with Gasteiger partial charge in [-0.1, -0.05) is 6.07 Å². The summed E-state index contributed by atoms with van der Waals surface area (Å²) in [5.41, 5.74) is 0.881. The van der Waals surface area contributed by atoms with Gasteiger partial charge in [0.1, 0.15) is 24.4 Å². The summed E-state index contributed by atoms with van der Waals surface area (Å²) in [6.07, 6.45) is 0. The van der Waals surface area contributed by atoms with Crippen molar-refractivity contribution in [1.82, 2.24) is 0 Å². The number of rotatable bonds is 2. The van der Waals surface area contributed by atoms with Gasteiger partial charge in [-0.3, -0.25) is 0 Å². The van der Waals surface area contributed by atoms with Crippen LogP contribution in [0.2, 0.25) is 5.22 Å². The van der Waals surface area contributed by atoms with Crippen LogP contribution in [0.1, 0.15) is 16.7 Å². The molecular weight excluding hydrogens is 275 g/mol. The Balaban J connectivity index is 1.92. The molecule has 0 bridgehead atoms. The average Bonchev–Trinajstić information content (AvgIpc) is 2.84. The smallest absolute Gasteiger partial charge is 0.193 e. The van der Waals surface area contributed by atoms with Crippen LogP contribution in [0, 0.1) is 0 Å². The van der Waals surface area contributed by atoms with Crippen LogP contribution in [0.3, 0.4) is 0 Å². The largest absolute Gasteiger partial charge is 0.486 e. The minimum absolute atomic E-state index is 0.327. The van der Waals surface area contributed by atoms with Gasteiger partial charge in [0.05, 0.1) is 0 Å². The Morgan fingerprint density at radius 1 is 1.00 bits per heavy atom. The van der Waals surface area contributed by atoms with Crippen molar-refractivity contribution in [1.29, 1.82) is 0 Å². The Bertz CT molecular complexity index is 565. The molecule has 94 valence electrons. The molecule has 1 aromatic carbocycles. The van der Waals surface area contributed by atoms with Crippen LogP contribution in [0.25, 0.3) is 0 Å². The van der Waals surface area contributed by atoms with Gasteiger partial charge in [-0.25, -0.2) is 0 Å². The second-order valence-corrected chi connectivity index (χ2v) is 4.72. The number of fused-ring (bicyclic) bond motifs is 1. The monoisotopic (exact) mass is 284 g/mol. The SMILES string of the molecule is Clc1ccc(C(Cl)c2ccc3c(c2)OCCO3)o1. The Morgan fingerprint density at radius 2 is 1.78 bits per heavy atom. The molecule has 18 heavy (non-hydrogen) atoms. The quantitative estimate of drug-likeness (QED) is 0.781. The third-order valence-electron chi connectivity index (χ3n) is 2.70. The molecule has 1 aliphatic rings. The van der Waals surface area contributed by atoms with Crippen LogP contribution < -0.4 is 9.47 Å². The summed E-state index contributed by atoms with van der Waals surface area (Å²) >= 11 is 12.1. The number of furan rings is 1. The van der Waals surface area contributed by atoms with Crippen LogP contribution in [0.5, 0.6) is 11.5 Å². The van der Waals surface area contributed by atoms with Crippen molar-refractivity contribution in [3.05, 3.63) is 46.9 Å². The number of benzene rings is 1. The fraction of sp³-hybridized carbons (Fsp3) is 0.231. The highest BCUT2D eigenvalue weighted by Gasteiger charge is 2.19. The summed E-state index contributed by atoms with van der Waals surface area (Å²) in [5.74, 6) is 2.06. The number of hydrogen-bond donors (Lipinski definition) is 0. The van der Waals surface area contributed by atoms with Crippen molar-refractivity contribution in [2.45, 2.75) is 5.38 Å². The van der Waals surface area contributed by atoms with Gasteiger partial charge < -0.3 is 13.9 Å². The number of halogens is 2. The normalized spacial score (nSPS) is 15.4. The zero-order valence-corrected chi connectivity index (χ0v) is 10.9. The molecule has 1 atom stereocenters. The molecule has 0 radical (unpaired) electrons. The Morgan fingerprint density at radius 3 is 2.50 bits per heavy atom. The van der Waals surface area contributed by atoms with Crippen molar-refractivity contribution < 1.29 is 13.9 Å². The zero-order chi connectivity index (χ0) is 12.5. The van der Waals surface area contributed by atoms with Gasteiger partial charge in [-0.15, -0.1) is 11.6 Å². The van der Waals surface area contributed by atoms with Crippen LogP contribution in [-0.4, -0.2) is 13.2 Å². The molecule has 1 unspecified atom stereocenters. The van der Waals surface area contributed by atoms with Gasteiger partial charge in [0.25, 0.3) is 0 Å². The van der Waals surface area contributed by atoms with E-state index >= 15 is 0 Å². The fourth-order valence-electron chi connectivity index (χ4n) is 1.85. The van der Waals surface area contributed by atoms with E-state index in [0.29, 0.717) is 29.9 Å². The lowest BCUT2D eigenvalue weighted by atomic mass is 10.1. The first-order chi connectivity index (χ1) is 8.74. The molecule has 0 amide bonds. The van der Waals surface area contributed by atoms with Crippen molar-refractivity contribution in [3.63, 3.8) is 0 Å². The minimum atomic E-state index is -0.395. The van der Waals surface area contributed by atoms with Gasteiger partial charge in [0.15, 0.2) is 16.7 Å². The fourth-order valence-corrected chi connectivity index (χ4v) is 2.25. The van der Waals surface area contributed by atoms with Gasteiger partial charge in [-0.05, 0) is 41.4 Å². The van der Waals surface area contributed by atoms with E-state index in [9.17, 15) is 0 Å². The van der Waals surface area contributed by atoms with Gasteiger partial charge in [-0.2, -0.15) is 0 Å². The number of hydrogen-bond acceptors (Lipinski definition) is 3. The molecule has 1 aliphatic heterocycles. The summed E-state index contributed by atoms with van der Waals surface area (Å²) < 4.78 is 16.3. The Kier molecular flexibility index (Phi) is 3.10. The van der Waals surface area contributed by atoms with E-state index in [1.54, 1.807) is 12.1 Å². The average molecular weight is 285 g/mol. The molecule has 0 spiro atoms. The molecular formula is C13H10Cl2O3. The summed E-state index contributed by atoms with van der Waals surface area (Å²) in [7, 11) is 0. The van der Waals surface area contributed by atoms with Crippen LogP contribution in [0.15, 0.2) is 34.7 Å². The molecule has 0 N–H and O–H groups in total. The Hall–Kier alpha value is -1.32. The second-order valence-electron chi connectivity index (χ2n) is 3.91. The lowest BCUT2D eigenvalue weighted by Gasteiger charge is -2.19. The maximum Gasteiger partial charge on any atom is 0.193 e. The van der Waals surface area contributed by atoms with Crippen molar-refractivity contribution >= 4 is 23.2 Å². The summed E-state index contributed by atoms with van der Waals surface area (Å²) in [6.45, 7) is 1.13. The van der Waals surface area contributed by atoms with E-state index in [2.05, 4.69) is 0 Å². The maximum absolute atomic E-state index is 6.34. The van der Waals surface area contributed by atoms with E-state index in [1.807, 2.05) is 18.2 Å². The molecule has 3 nitrogen and oxygen atoms in total. The Labute approximate surface area is 114 Å². The second kappa shape index (κ2) is 4.75. The van der Waals surface area contributed by atoms with E-state index in [0.717, 1.165) is 11.3 Å². The number of ether oxygens (including phenoxy) is 2. The molecule has 0 fully saturated rings. The van der Waals surface area contributed by atoms with Crippen molar-refractivity contribution in [2.75, 3.05) is 13.2 Å².